The molecule has 3 saturated heterocycles. The molecule has 5 rings (SSSR count). The van der Waals surface area contributed by atoms with Gasteiger partial charge in [-0.05, 0) is 74.4 Å². The first-order valence-corrected chi connectivity index (χ1v) is 13.6. The largest absolute Gasteiger partial charge is 0.378 e. The number of ether oxygens (including phenoxy) is 1. The summed E-state index contributed by atoms with van der Waals surface area (Å²) >= 11 is 1.31. The molecule has 1 amide bonds. The number of amides is 1. The van der Waals surface area contributed by atoms with Gasteiger partial charge in [-0.25, -0.2) is 4.99 Å². The maximum absolute atomic E-state index is 13.3. The number of nitro benzene ring substituents is 1. The molecule has 194 valence electrons. The lowest BCUT2D eigenvalue weighted by molar-refractivity contribution is -0.384. The van der Waals surface area contributed by atoms with Gasteiger partial charge in [0.1, 0.15) is 0 Å². The first-order chi connectivity index (χ1) is 18.0. The number of morpholine rings is 1. The number of thioether (sulfide) groups is 1. The number of hydrogen-bond acceptors (Lipinski definition) is 8. The zero-order valence-corrected chi connectivity index (χ0v) is 21.8. The minimum absolute atomic E-state index is 0.00524. The topological polar surface area (TPSA) is 91.5 Å². The predicted octanol–water partition coefficient (Wildman–Crippen LogP) is 5.05. The molecule has 37 heavy (non-hydrogen) atoms. The number of amidine groups is 1. The second-order valence-corrected chi connectivity index (χ2v) is 10.2. The Hall–Kier alpha value is -3.37. The van der Waals surface area contributed by atoms with Crippen molar-refractivity contribution in [3.05, 3.63) is 63.0 Å². The number of carbonyl (C=O) groups excluding carboxylic acids is 1. The van der Waals surface area contributed by atoms with E-state index in [1.165, 1.54) is 48.8 Å². The van der Waals surface area contributed by atoms with E-state index in [0.29, 0.717) is 48.5 Å². The molecule has 0 aliphatic carbocycles. The van der Waals surface area contributed by atoms with E-state index in [9.17, 15) is 14.9 Å². The third-order valence-corrected chi connectivity index (χ3v) is 7.87. The highest BCUT2D eigenvalue weighted by Crippen LogP contribution is 2.37. The molecule has 0 unspecified atom stereocenters. The van der Waals surface area contributed by atoms with Crippen LogP contribution in [0.2, 0.25) is 0 Å². The average Bonchev–Trinajstić information content (AvgIpc) is 3.23. The second-order valence-electron chi connectivity index (χ2n) is 9.22. The Balaban J connectivity index is 1.43. The van der Waals surface area contributed by atoms with Crippen molar-refractivity contribution in [3.8, 4) is 0 Å². The zero-order valence-electron chi connectivity index (χ0n) is 21.0. The van der Waals surface area contributed by atoms with Crippen molar-refractivity contribution in [2.24, 2.45) is 4.99 Å². The number of likely N-dealkylation sites (N-methyl/N-ethyl adjacent to an activating group) is 1. The molecule has 0 aromatic heterocycles. The third-order valence-electron chi connectivity index (χ3n) is 6.86. The summed E-state index contributed by atoms with van der Waals surface area (Å²) in [5.41, 5.74) is 3.49. The summed E-state index contributed by atoms with van der Waals surface area (Å²) in [5, 5.41) is 12.1. The van der Waals surface area contributed by atoms with Crippen molar-refractivity contribution >= 4 is 51.7 Å². The van der Waals surface area contributed by atoms with E-state index in [-0.39, 0.29) is 11.6 Å². The Bertz CT molecular complexity index is 1220. The van der Waals surface area contributed by atoms with Gasteiger partial charge in [0, 0.05) is 61.8 Å². The van der Waals surface area contributed by atoms with Crippen molar-refractivity contribution < 1.29 is 14.5 Å². The molecule has 3 heterocycles. The van der Waals surface area contributed by atoms with Gasteiger partial charge in [-0.15, -0.1) is 0 Å². The van der Waals surface area contributed by atoms with E-state index in [1.54, 1.807) is 17.0 Å². The van der Waals surface area contributed by atoms with Crippen LogP contribution in [0.5, 0.6) is 0 Å². The number of piperidine rings is 1. The summed E-state index contributed by atoms with van der Waals surface area (Å²) < 4.78 is 5.47. The molecule has 0 radical (unpaired) electrons. The molecule has 0 atom stereocenters. The molecule has 0 saturated carbocycles. The monoisotopic (exact) mass is 521 g/mol. The van der Waals surface area contributed by atoms with Gasteiger partial charge >= 0.3 is 0 Å². The number of hydrogen-bond donors (Lipinski definition) is 0. The highest BCUT2D eigenvalue weighted by molar-refractivity contribution is 8.18. The van der Waals surface area contributed by atoms with E-state index < -0.39 is 4.92 Å². The van der Waals surface area contributed by atoms with Crippen LogP contribution in [0.25, 0.3) is 6.08 Å². The van der Waals surface area contributed by atoms with Crippen LogP contribution in [0.1, 0.15) is 31.7 Å². The normalized spacial score (nSPS) is 20.8. The number of nitro groups is 1. The zero-order chi connectivity index (χ0) is 25.8. The van der Waals surface area contributed by atoms with E-state index in [2.05, 4.69) is 21.9 Å². The van der Waals surface area contributed by atoms with E-state index in [0.717, 1.165) is 24.5 Å². The first-order valence-electron chi connectivity index (χ1n) is 12.8. The number of anilines is 2. The van der Waals surface area contributed by atoms with E-state index in [1.807, 2.05) is 19.1 Å². The maximum atomic E-state index is 13.3. The lowest BCUT2D eigenvalue weighted by Crippen LogP contribution is -2.36. The summed E-state index contributed by atoms with van der Waals surface area (Å²) in [5.74, 6) is -0.143. The van der Waals surface area contributed by atoms with Crippen molar-refractivity contribution in [1.82, 2.24) is 4.90 Å². The molecule has 0 spiro atoms. The Labute approximate surface area is 220 Å². The van der Waals surface area contributed by atoms with Crippen molar-refractivity contribution in [2.75, 3.05) is 55.7 Å². The highest BCUT2D eigenvalue weighted by atomic mass is 32.2. The van der Waals surface area contributed by atoms with E-state index in [4.69, 9.17) is 9.73 Å². The summed E-state index contributed by atoms with van der Waals surface area (Å²) in [6, 6.07) is 13.0. The molecule has 3 fully saturated rings. The Kier molecular flexibility index (Phi) is 7.76. The molecule has 2 aromatic carbocycles. The van der Waals surface area contributed by atoms with Crippen LogP contribution in [-0.4, -0.2) is 66.8 Å². The maximum Gasteiger partial charge on any atom is 0.270 e. The van der Waals surface area contributed by atoms with Crippen molar-refractivity contribution in [1.29, 1.82) is 0 Å². The van der Waals surface area contributed by atoms with Crippen LogP contribution in [0.4, 0.5) is 22.7 Å². The van der Waals surface area contributed by atoms with Gasteiger partial charge < -0.3 is 14.5 Å². The van der Waals surface area contributed by atoms with Gasteiger partial charge in [0.2, 0.25) is 0 Å². The minimum atomic E-state index is -0.409. The fraction of sp³-hybridized carbons (Fsp3) is 0.407. The summed E-state index contributed by atoms with van der Waals surface area (Å²) in [6.07, 6.45) is 5.50. The molecule has 0 N–H and O–H groups in total. The van der Waals surface area contributed by atoms with Crippen LogP contribution in [0, 0.1) is 10.1 Å². The molecule has 10 heteroatoms. The van der Waals surface area contributed by atoms with Crippen molar-refractivity contribution in [2.45, 2.75) is 26.2 Å². The van der Waals surface area contributed by atoms with Crippen LogP contribution < -0.4 is 9.80 Å². The third kappa shape index (κ3) is 5.65. The minimum Gasteiger partial charge on any atom is -0.378 e. The van der Waals surface area contributed by atoms with Crippen molar-refractivity contribution in [3.63, 3.8) is 0 Å². The Morgan fingerprint density at radius 1 is 1.03 bits per heavy atom. The summed E-state index contributed by atoms with van der Waals surface area (Å²) in [7, 11) is 0. The smallest absolute Gasteiger partial charge is 0.270 e. The molecular weight excluding hydrogens is 490 g/mol. The predicted molar refractivity (Wildman–Crippen MR) is 149 cm³/mol. The lowest BCUT2D eigenvalue weighted by atomic mass is 10.1. The second kappa shape index (κ2) is 11.4. The Morgan fingerprint density at radius 2 is 1.76 bits per heavy atom. The number of aliphatic imine (C=N–C) groups is 1. The molecule has 0 bridgehead atoms. The van der Waals surface area contributed by atoms with Gasteiger partial charge in [0.05, 0.1) is 28.7 Å². The number of nitrogens with zero attached hydrogens (tertiary/aromatic N) is 5. The summed E-state index contributed by atoms with van der Waals surface area (Å²) in [6.45, 7) is 7.14. The molecule has 9 nitrogen and oxygen atoms in total. The fourth-order valence-electron chi connectivity index (χ4n) is 4.88. The van der Waals surface area contributed by atoms with Crippen LogP contribution >= 0.6 is 11.8 Å². The van der Waals surface area contributed by atoms with Crippen LogP contribution in [0.15, 0.2) is 52.4 Å². The fourth-order valence-corrected chi connectivity index (χ4v) is 5.93. The van der Waals surface area contributed by atoms with Crippen LogP contribution in [-0.2, 0) is 9.53 Å². The first kappa shape index (κ1) is 25.3. The molecule has 3 aliphatic heterocycles. The number of carbonyl (C=O) groups is 1. The van der Waals surface area contributed by atoms with Gasteiger partial charge in [0.25, 0.3) is 11.6 Å². The number of rotatable bonds is 6. The quantitative estimate of drug-likeness (QED) is 0.299. The molecule has 3 aliphatic rings. The van der Waals surface area contributed by atoms with Crippen LogP contribution in [0.3, 0.4) is 0 Å². The lowest BCUT2D eigenvalue weighted by Gasteiger charge is -2.30. The molecular formula is C27H31N5O4S. The van der Waals surface area contributed by atoms with Gasteiger partial charge in [-0.1, -0.05) is 0 Å². The number of non-ortho nitro benzene ring substituents is 1. The average molecular weight is 522 g/mol. The van der Waals surface area contributed by atoms with Gasteiger partial charge in [-0.2, -0.15) is 0 Å². The highest BCUT2D eigenvalue weighted by Gasteiger charge is 2.33. The Morgan fingerprint density at radius 3 is 2.43 bits per heavy atom. The SMILES string of the molecule is CCN1C(=O)/C(=C\c2cc([N+](=O)[O-])ccc2N2CCOCC2)SC1=Nc1ccc(N2CCCCC2)cc1. The van der Waals surface area contributed by atoms with Gasteiger partial charge in [0.15, 0.2) is 5.17 Å². The standard InChI is InChI=1S/C27H31N5O4S/c1-2-31-26(33)25(19-20-18-23(32(34)35)10-11-24(20)30-14-16-36-17-15-30)37-27(31)28-21-6-8-22(9-7-21)29-12-4-3-5-13-29/h6-11,18-19H,2-5,12-17H2,1H3/b25-19+,28-27?. The molecule has 2 aromatic rings. The van der Waals surface area contributed by atoms with E-state index >= 15 is 0 Å². The number of benzene rings is 2. The van der Waals surface area contributed by atoms with Gasteiger partial charge in [-0.3, -0.25) is 19.8 Å². The summed E-state index contributed by atoms with van der Waals surface area (Å²) in [4.78, 5) is 35.8.